The second kappa shape index (κ2) is 3.90. The molecule has 0 bridgehead atoms. The summed E-state index contributed by atoms with van der Waals surface area (Å²) in [5.74, 6) is 0.173. The zero-order valence-corrected chi connectivity index (χ0v) is 9.56. The molecule has 0 saturated carbocycles. The Morgan fingerprint density at radius 1 is 1.56 bits per heavy atom. The number of aromatic nitrogens is 1. The Kier molecular flexibility index (Phi) is 2.71. The summed E-state index contributed by atoms with van der Waals surface area (Å²) in [6.45, 7) is 4.67. The van der Waals surface area contributed by atoms with E-state index in [0.29, 0.717) is 37.4 Å². The normalized spacial score (nSPS) is 19.8. The Labute approximate surface area is 94.1 Å². The summed E-state index contributed by atoms with van der Waals surface area (Å²) in [6, 6.07) is 0. The Hall–Kier alpha value is -1.36. The van der Waals surface area contributed by atoms with Gasteiger partial charge in [-0.1, -0.05) is 0 Å². The summed E-state index contributed by atoms with van der Waals surface area (Å²) in [4.78, 5) is 17.6. The van der Waals surface area contributed by atoms with E-state index in [1.54, 1.807) is 18.7 Å². The molecule has 0 aliphatic carbocycles. The lowest BCUT2D eigenvalue weighted by Crippen LogP contribution is -2.45. The van der Waals surface area contributed by atoms with Crippen molar-refractivity contribution in [1.82, 2.24) is 9.88 Å². The van der Waals surface area contributed by atoms with Gasteiger partial charge in [0.15, 0.2) is 6.39 Å². The van der Waals surface area contributed by atoms with Gasteiger partial charge in [0.1, 0.15) is 0 Å². The quantitative estimate of drug-likeness (QED) is 0.771. The van der Waals surface area contributed by atoms with Crippen molar-refractivity contribution in [2.75, 3.05) is 13.1 Å². The van der Waals surface area contributed by atoms with Crippen LogP contribution in [-0.2, 0) is 0 Å². The minimum atomic E-state index is -0.646. The third-order valence-corrected chi connectivity index (χ3v) is 3.07. The van der Waals surface area contributed by atoms with Crippen LogP contribution in [0.15, 0.2) is 10.8 Å². The number of hydrogen-bond acceptors (Lipinski definition) is 4. The minimum absolute atomic E-state index is 0.134. The SMILES string of the molecule is Cc1ncoc1C(=O)N1CCC(C)(O)CC1. The number of amides is 1. The molecule has 2 rings (SSSR count). The van der Waals surface area contributed by atoms with E-state index in [4.69, 9.17) is 4.42 Å². The molecule has 0 aromatic carbocycles. The second-order valence-electron chi connectivity index (χ2n) is 4.56. The molecule has 5 heteroatoms. The summed E-state index contributed by atoms with van der Waals surface area (Å²) in [6.07, 6.45) is 2.49. The van der Waals surface area contributed by atoms with E-state index in [1.165, 1.54) is 6.39 Å². The molecule has 1 aliphatic rings. The molecule has 0 spiro atoms. The second-order valence-corrected chi connectivity index (χ2v) is 4.56. The molecular weight excluding hydrogens is 208 g/mol. The molecule has 1 saturated heterocycles. The van der Waals surface area contributed by atoms with Crippen LogP contribution in [0.1, 0.15) is 36.0 Å². The predicted octanol–water partition coefficient (Wildman–Crippen LogP) is 0.970. The number of oxazole rings is 1. The van der Waals surface area contributed by atoms with Crippen LogP contribution in [0, 0.1) is 6.92 Å². The summed E-state index contributed by atoms with van der Waals surface area (Å²) in [7, 11) is 0. The number of piperidine rings is 1. The number of hydrogen-bond donors (Lipinski definition) is 1. The topological polar surface area (TPSA) is 66.6 Å². The van der Waals surface area contributed by atoms with Crippen LogP contribution in [0.25, 0.3) is 0 Å². The van der Waals surface area contributed by atoms with E-state index in [-0.39, 0.29) is 5.91 Å². The highest BCUT2D eigenvalue weighted by atomic mass is 16.3. The van der Waals surface area contributed by atoms with Crippen molar-refractivity contribution in [2.45, 2.75) is 32.3 Å². The summed E-state index contributed by atoms with van der Waals surface area (Å²) in [5, 5.41) is 9.79. The number of likely N-dealkylation sites (tertiary alicyclic amines) is 1. The van der Waals surface area contributed by atoms with Crippen LogP contribution in [0.2, 0.25) is 0 Å². The number of rotatable bonds is 1. The molecule has 2 heterocycles. The van der Waals surface area contributed by atoms with E-state index >= 15 is 0 Å². The van der Waals surface area contributed by atoms with Crippen molar-refractivity contribution < 1.29 is 14.3 Å². The number of carbonyl (C=O) groups excluding carboxylic acids is 1. The van der Waals surface area contributed by atoms with Crippen molar-refractivity contribution in [2.24, 2.45) is 0 Å². The van der Waals surface area contributed by atoms with Gasteiger partial charge in [-0.15, -0.1) is 0 Å². The monoisotopic (exact) mass is 224 g/mol. The number of carbonyl (C=O) groups is 1. The van der Waals surface area contributed by atoms with Crippen LogP contribution in [0.4, 0.5) is 0 Å². The minimum Gasteiger partial charge on any atom is -0.438 e. The largest absolute Gasteiger partial charge is 0.438 e. The van der Waals surface area contributed by atoms with Gasteiger partial charge in [-0.05, 0) is 26.7 Å². The molecule has 88 valence electrons. The molecule has 1 amide bonds. The lowest BCUT2D eigenvalue weighted by atomic mass is 9.94. The molecule has 0 unspecified atom stereocenters. The van der Waals surface area contributed by atoms with Gasteiger partial charge >= 0.3 is 0 Å². The smallest absolute Gasteiger partial charge is 0.291 e. The van der Waals surface area contributed by atoms with Gasteiger partial charge < -0.3 is 14.4 Å². The van der Waals surface area contributed by atoms with Crippen molar-refractivity contribution in [3.63, 3.8) is 0 Å². The third-order valence-electron chi connectivity index (χ3n) is 3.07. The fourth-order valence-corrected chi connectivity index (χ4v) is 1.84. The summed E-state index contributed by atoms with van der Waals surface area (Å²) in [5.41, 5.74) is -0.0323. The fourth-order valence-electron chi connectivity index (χ4n) is 1.84. The van der Waals surface area contributed by atoms with E-state index in [2.05, 4.69) is 4.98 Å². The van der Waals surface area contributed by atoms with Gasteiger partial charge in [-0.2, -0.15) is 0 Å². The van der Waals surface area contributed by atoms with Crippen molar-refractivity contribution in [1.29, 1.82) is 0 Å². The van der Waals surface area contributed by atoms with Crippen LogP contribution in [-0.4, -0.2) is 39.6 Å². The van der Waals surface area contributed by atoms with E-state index < -0.39 is 5.60 Å². The first-order valence-electron chi connectivity index (χ1n) is 5.41. The molecule has 16 heavy (non-hydrogen) atoms. The van der Waals surface area contributed by atoms with Gasteiger partial charge in [0.05, 0.1) is 11.3 Å². The van der Waals surface area contributed by atoms with Gasteiger partial charge in [0.25, 0.3) is 5.91 Å². The van der Waals surface area contributed by atoms with Crippen LogP contribution >= 0.6 is 0 Å². The maximum absolute atomic E-state index is 12.0. The molecule has 1 aromatic heterocycles. The molecule has 1 aliphatic heterocycles. The van der Waals surface area contributed by atoms with E-state index in [1.807, 2.05) is 0 Å². The molecule has 0 atom stereocenters. The standard InChI is InChI=1S/C11H16N2O3/c1-8-9(16-7-12-8)10(14)13-5-3-11(2,15)4-6-13/h7,15H,3-6H2,1-2H3. The van der Waals surface area contributed by atoms with Gasteiger partial charge in [-0.3, -0.25) is 4.79 Å². The number of nitrogens with zero attached hydrogens (tertiary/aromatic N) is 2. The average Bonchev–Trinajstić information content (AvgIpc) is 2.63. The van der Waals surface area contributed by atoms with E-state index in [9.17, 15) is 9.90 Å². The molecule has 5 nitrogen and oxygen atoms in total. The fraction of sp³-hybridized carbons (Fsp3) is 0.636. The average molecular weight is 224 g/mol. The third kappa shape index (κ3) is 2.09. The maximum atomic E-state index is 12.0. The highest BCUT2D eigenvalue weighted by molar-refractivity contribution is 5.92. The number of aliphatic hydroxyl groups is 1. The highest BCUT2D eigenvalue weighted by Crippen LogP contribution is 2.22. The zero-order chi connectivity index (χ0) is 11.8. The zero-order valence-electron chi connectivity index (χ0n) is 9.56. The first-order valence-corrected chi connectivity index (χ1v) is 5.41. The highest BCUT2D eigenvalue weighted by Gasteiger charge is 2.31. The maximum Gasteiger partial charge on any atom is 0.291 e. The molecule has 1 fully saturated rings. The first-order chi connectivity index (χ1) is 7.49. The predicted molar refractivity (Wildman–Crippen MR) is 57.0 cm³/mol. The van der Waals surface area contributed by atoms with Gasteiger partial charge in [0.2, 0.25) is 5.76 Å². The van der Waals surface area contributed by atoms with E-state index in [0.717, 1.165) is 0 Å². The first kappa shape index (κ1) is 11.1. The Morgan fingerprint density at radius 3 is 2.69 bits per heavy atom. The van der Waals surface area contributed by atoms with Crippen molar-refractivity contribution >= 4 is 5.91 Å². The molecule has 1 aromatic rings. The lowest BCUT2D eigenvalue weighted by Gasteiger charge is -2.35. The van der Waals surface area contributed by atoms with Crippen molar-refractivity contribution in [3.05, 3.63) is 17.8 Å². The van der Waals surface area contributed by atoms with Gasteiger partial charge in [-0.25, -0.2) is 4.98 Å². The van der Waals surface area contributed by atoms with Crippen LogP contribution in [0.3, 0.4) is 0 Å². The Bertz CT molecular complexity index is 388. The van der Waals surface area contributed by atoms with Crippen LogP contribution in [0.5, 0.6) is 0 Å². The molecular formula is C11H16N2O3. The Morgan fingerprint density at radius 2 is 2.19 bits per heavy atom. The van der Waals surface area contributed by atoms with Crippen LogP contribution < -0.4 is 0 Å². The van der Waals surface area contributed by atoms with Crippen molar-refractivity contribution in [3.8, 4) is 0 Å². The molecule has 1 N–H and O–H groups in total. The summed E-state index contributed by atoms with van der Waals surface area (Å²) < 4.78 is 5.07. The lowest BCUT2D eigenvalue weighted by molar-refractivity contribution is -0.00290. The Balaban J connectivity index is 2.05. The summed E-state index contributed by atoms with van der Waals surface area (Å²) >= 11 is 0. The molecule has 0 radical (unpaired) electrons. The van der Waals surface area contributed by atoms with Gasteiger partial charge in [0, 0.05) is 13.1 Å². The number of aryl methyl sites for hydroxylation is 1.